The van der Waals surface area contributed by atoms with Crippen molar-refractivity contribution >= 4 is 5.96 Å². The van der Waals surface area contributed by atoms with Gasteiger partial charge in [-0.05, 0) is 59.5 Å². The second kappa shape index (κ2) is 7.30. The second-order valence-electron chi connectivity index (χ2n) is 6.96. The highest BCUT2D eigenvalue weighted by Gasteiger charge is 2.34. The summed E-state index contributed by atoms with van der Waals surface area (Å²) < 4.78 is 0. The molecule has 0 aromatic rings. The quantitative estimate of drug-likeness (QED) is 0.556. The molecule has 1 aliphatic carbocycles. The summed E-state index contributed by atoms with van der Waals surface area (Å²) in [5.74, 6) is 0.960. The van der Waals surface area contributed by atoms with Gasteiger partial charge in [-0.15, -0.1) is 0 Å². The van der Waals surface area contributed by atoms with E-state index < -0.39 is 0 Å². The molecule has 1 rings (SSSR count). The van der Waals surface area contributed by atoms with Gasteiger partial charge in [0.2, 0.25) is 0 Å². The number of hydrogen-bond acceptors (Lipinski definition) is 2. The third-order valence-electron chi connectivity index (χ3n) is 4.97. The number of likely N-dealkylation sites (N-methyl/N-ethyl adjacent to an activating group) is 1. The van der Waals surface area contributed by atoms with Crippen molar-refractivity contribution in [2.24, 2.45) is 10.4 Å². The van der Waals surface area contributed by atoms with Gasteiger partial charge in [-0.1, -0.05) is 13.3 Å². The molecule has 0 bridgehead atoms. The predicted octanol–water partition coefficient (Wildman–Crippen LogP) is 2.46. The van der Waals surface area contributed by atoms with Crippen LogP contribution in [0, 0.1) is 5.41 Å². The first-order valence-corrected chi connectivity index (χ1v) is 8.05. The summed E-state index contributed by atoms with van der Waals surface area (Å²) in [4.78, 5) is 6.98. The lowest BCUT2D eigenvalue weighted by molar-refractivity contribution is 0.131. The van der Waals surface area contributed by atoms with Crippen molar-refractivity contribution in [3.63, 3.8) is 0 Å². The van der Waals surface area contributed by atoms with Gasteiger partial charge < -0.3 is 15.5 Å². The normalized spacial score (nSPS) is 18.9. The Morgan fingerprint density at radius 2 is 1.85 bits per heavy atom. The molecule has 118 valence electrons. The molecule has 1 saturated carbocycles. The van der Waals surface area contributed by atoms with Gasteiger partial charge >= 0.3 is 0 Å². The molecule has 1 aliphatic rings. The number of nitrogens with one attached hydrogen (secondary N) is 2. The highest BCUT2D eigenvalue weighted by atomic mass is 15.2. The summed E-state index contributed by atoms with van der Waals surface area (Å²) in [6, 6.07) is 0. The molecule has 0 atom stereocenters. The smallest absolute Gasteiger partial charge is 0.191 e. The lowest BCUT2D eigenvalue weighted by Gasteiger charge is -2.41. The van der Waals surface area contributed by atoms with E-state index in [-0.39, 0.29) is 5.54 Å². The van der Waals surface area contributed by atoms with E-state index in [0.29, 0.717) is 5.41 Å². The van der Waals surface area contributed by atoms with Crippen molar-refractivity contribution in [3.05, 3.63) is 0 Å². The largest absolute Gasteiger partial charge is 0.357 e. The molecule has 0 spiro atoms. The lowest BCUT2D eigenvalue weighted by Crippen LogP contribution is -2.47. The first kappa shape index (κ1) is 17.3. The maximum atomic E-state index is 4.75. The monoisotopic (exact) mass is 282 g/mol. The van der Waals surface area contributed by atoms with Crippen LogP contribution in [-0.4, -0.2) is 50.1 Å². The van der Waals surface area contributed by atoms with Crippen molar-refractivity contribution in [1.82, 2.24) is 15.5 Å². The molecule has 0 aromatic carbocycles. The Morgan fingerprint density at radius 1 is 1.20 bits per heavy atom. The number of aliphatic imine (C=N–C) groups is 1. The Hall–Kier alpha value is -0.770. The fraction of sp³-hybridized carbons (Fsp3) is 0.938. The zero-order valence-corrected chi connectivity index (χ0v) is 14.3. The number of hydrogen-bond donors (Lipinski definition) is 2. The molecular formula is C16H34N4. The Bertz CT molecular complexity index is 311. The fourth-order valence-corrected chi connectivity index (χ4v) is 2.36. The van der Waals surface area contributed by atoms with Gasteiger partial charge in [-0.25, -0.2) is 0 Å². The third-order valence-corrected chi connectivity index (χ3v) is 4.97. The van der Waals surface area contributed by atoms with E-state index in [4.69, 9.17) is 4.99 Å². The van der Waals surface area contributed by atoms with E-state index in [1.54, 1.807) is 0 Å². The zero-order chi connectivity index (χ0) is 15.2. The number of nitrogens with zero attached hydrogens (tertiary/aromatic N) is 2. The summed E-state index contributed by atoms with van der Waals surface area (Å²) in [5.41, 5.74) is 0.606. The highest BCUT2D eigenvalue weighted by molar-refractivity contribution is 5.79. The third kappa shape index (κ3) is 4.65. The molecule has 20 heavy (non-hydrogen) atoms. The maximum Gasteiger partial charge on any atom is 0.191 e. The Kier molecular flexibility index (Phi) is 6.31. The van der Waals surface area contributed by atoms with Crippen LogP contribution < -0.4 is 10.6 Å². The molecule has 0 saturated heterocycles. The first-order chi connectivity index (χ1) is 9.35. The van der Waals surface area contributed by atoms with Crippen LogP contribution >= 0.6 is 0 Å². The Balaban J connectivity index is 2.55. The molecule has 0 radical (unpaired) electrons. The summed E-state index contributed by atoms with van der Waals surface area (Å²) in [6.07, 6.45) is 5.37. The van der Waals surface area contributed by atoms with E-state index in [9.17, 15) is 0 Å². The molecule has 0 aliphatic heterocycles. The van der Waals surface area contributed by atoms with Crippen LogP contribution in [0.4, 0.5) is 0 Å². The average Bonchev–Trinajstić information content (AvgIpc) is 2.34. The zero-order valence-electron chi connectivity index (χ0n) is 14.3. The molecule has 4 heteroatoms. The summed E-state index contributed by atoms with van der Waals surface area (Å²) >= 11 is 0. The molecular weight excluding hydrogens is 248 g/mol. The van der Waals surface area contributed by atoms with E-state index in [2.05, 4.69) is 57.3 Å². The second-order valence-corrected chi connectivity index (χ2v) is 6.96. The van der Waals surface area contributed by atoms with Crippen LogP contribution in [0.5, 0.6) is 0 Å². The molecule has 0 unspecified atom stereocenters. The van der Waals surface area contributed by atoms with Gasteiger partial charge in [-0.3, -0.25) is 4.99 Å². The molecule has 2 N–H and O–H groups in total. The molecule has 0 aromatic heterocycles. The van der Waals surface area contributed by atoms with Crippen molar-refractivity contribution < 1.29 is 0 Å². The van der Waals surface area contributed by atoms with Gasteiger partial charge in [0.15, 0.2) is 5.96 Å². The van der Waals surface area contributed by atoms with Crippen LogP contribution in [0.1, 0.15) is 53.4 Å². The minimum absolute atomic E-state index is 0.0846. The standard InChI is InChI=1S/C16H34N4/c1-7-16(10-9-11-16)13-19-14(17-8-2)18-12-15(3,4)20(5)6/h7-13H2,1-6H3,(H2,17,18,19). The van der Waals surface area contributed by atoms with Crippen molar-refractivity contribution in [1.29, 1.82) is 0 Å². The first-order valence-electron chi connectivity index (χ1n) is 8.05. The van der Waals surface area contributed by atoms with E-state index in [0.717, 1.165) is 25.6 Å². The summed E-state index contributed by atoms with van der Waals surface area (Å²) in [6.45, 7) is 11.6. The minimum Gasteiger partial charge on any atom is -0.357 e. The predicted molar refractivity (Wildman–Crippen MR) is 88.3 cm³/mol. The minimum atomic E-state index is 0.0846. The van der Waals surface area contributed by atoms with Crippen LogP contribution in [0.2, 0.25) is 0 Å². The van der Waals surface area contributed by atoms with Crippen molar-refractivity contribution in [3.8, 4) is 0 Å². The summed E-state index contributed by atoms with van der Waals surface area (Å²) in [7, 11) is 4.21. The Morgan fingerprint density at radius 3 is 2.25 bits per heavy atom. The maximum absolute atomic E-state index is 4.75. The van der Waals surface area contributed by atoms with Crippen LogP contribution in [0.3, 0.4) is 0 Å². The number of guanidine groups is 1. The SMILES string of the molecule is CCNC(=NCC(C)(C)N(C)C)NCC1(CC)CCC1. The number of rotatable bonds is 7. The van der Waals surface area contributed by atoms with Gasteiger partial charge in [-0.2, -0.15) is 0 Å². The molecule has 0 heterocycles. The molecule has 1 fully saturated rings. The molecule has 4 nitrogen and oxygen atoms in total. The Labute approximate surface area is 125 Å². The van der Waals surface area contributed by atoms with Gasteiger partial charge in [0.1, 0.15) is 0 Å². The van der Waals surface area contributed by atoms with E-state index in [1.165, 1.54) is 25.7 Å². The van der Waals surface area contributed by atoms with Crippen LogP contribution in [-0.2, 0) is 0 Å². The van der Waals surface area contributed by atoms with E-state index >= 15 is 0 Å². The van der Waals surface area contributed by atoms with Crippen molar-refractivity contribution in [2.75, 3.05) is 33.7 Å². The van der Waals surface area contributed by atoms with Gasteiger partial charge in [0.25, 0.3) is 0 Å². The van der Waals surface area contributed by atoms with Crippen LogP contribution in [0.25, 0.3) is 0 Å². The van der Waals surface area contributed by atoms with Crippen LogP contribution in [0.15, 0.2) is 4.99 Å². The summed E-state index contributed by atoms with van der Waals surface area (Å²) in [5, 5.41) is 6.91. The van der Waals surface area contributed by atoms with Gasteiger partial charge in [0, 0.05) is 18.6 Å². The van der Waals surface area contributed by atoms with Crippen molar-refractivity contribution in [2.45, 2.75) is 58.9 Å². The fourth-order valence-electron chi connectivity index (χ4n) is 2.36. The lowest BCUT2D eigenvalue weighted by atomic mass is 9.67. The topological polar surface area (TPSA) is 39.7 Å². The van der Waals surface area contributed by atoms with Gasteiger partial charge in [0.05, 0.1) is 6.54 Å². The highest BCUT2D eigenvalue weighted by Crippen LogP contribution is 2.42. The average molecular weight is 282 g/mol. The molecule has 0 amide bonds. The van der Waals surface area contributed by atoms with E-state index in [1.807, 2.05) is 0 Å².